The third-order valence-corrected chi connectivity index (χ3v) is 6.02. The van der Waals surface area contributed by atoms with E-state index in [0.717, 1.165) is 58.6 Å². The summed E-state index contributed by atoms with van der Waals surface area (Å²) in [6.07, 6.45) is 3.22. The topological polar surface area (TPSA) is 50.5 Å². The summed E-state index contributed by atoms with van der Waals surface area (Å²) >= 11 is 0. The molecule has 4 aromatic rings. The van der Waals surface area contributed by atoms with Crippen LogP contribution in [-0.4, -0.2) is 27.0 Å². The predicted molar refractivity (Wildman–Crippen MR) is 115 cm³/mol. The molecular weight excluding hydrogens is 360 g/mol. The molecule has 0 aliphatic carbocycles. The molecule has 0 saturated heterocycles. The number of hydrogen-bond donors (Lipinski definition) is 0. The number of fused-ring (bicyclic) bond motifs is 4. The molecule has 0 unspecified atom stereocenters. The molecule has 0 spiro atoms. The number of aryl methyl sites for hydroxylation is 3. The first kappa shape index (κ1) is 17.9. The average Bonchev–Trinajstić information content (AvgIpc) is 3.12. The van der Waals surface area contributed by atoms with Crippen LogP contribution in [0.2, 0.25) is 0 Å². The number of nitrogens with zero attached hydrogens (tertiary/aromatic N) is 4. The standard InChI is InChI=1S/C24H24N4O/c1-16-19(17(2)28-24(25-16)20-10-4-5-11-21(20)26-28)13-14-23(29)27-15-7-9-18-8-3-6-12-22(18)27/h3-6,8,10-12H,7,9,13-15H2,1-2H3. The monoisotopic (exact) mass is 384 g/mol. The summed E-state index contributed by atoms with van der Waals surface area (Å²) in [6.45, 7) is 4.91. The van der Waals surface area contributed by atoms with E-state index in [1.165, 1.54) is 5.56 Å². The van der Waals surface area contributed by atoms with Crippen LogP contribution in [0.15, 0.2) is 48.5 Å². The molecule has 1 aliphatic rings. The third kappa shape index (κ3) is 2.97. The van der Waals surface area contributed by atoms with Crippen molar-refractivity contribution in [1.29, 1.82) is 0 Å². The van der Waals surface area contributed by atoms with Gasteiger partial charge in [-0.05, 0) is 62.4 Å². The molecule has 1 amide bonds. The van der Waals surface area contributed by atoms with E-state index in [9.17, 15) is 4.79 Å². The number of hydrogen-bond acceptors (Lipinski definition) is 3. The summed E-state index contributed by atoms with van der Waals surface area (Å²) in [4.78, 5) is 19.8. The van der Waals surface area contributed by atoms with Gasteiger partial charge in [-0.25, -0.2) is 9.50 Å². The Bertz CT molecular complexity index is 1240. The van der Waals surface area contributed by atoms with Crippen molar-refractivity contribution in [2.75, 3.05) is 11.4 Å². The molecule has 29 heavy (non-hydrogen) atoms. The van der Waals surface area contributed by atoms with Gasteiger partial charge in [0, 0.05) is 35.4 Å². The normalized spacial score (nSPS) is 13.8. The van der Waals surface area contributed by atoms with Gasteiger partial charge in [-0.3, -0.25) is 4.79 Å². The summed E-state index contributed by atoms with van der Waals surface area (Å²) in [5.74, 6) is 0.182. The highest BCUT2D eigenvalue weighted by Gasteiger charge is 2.23. The lowest BCUT2D eigenvalue weighted by atomic mass is 10.0. The van der Waals surface area contributed by atoms with Gasteiger partial charge in [-0.15, -0.1) is 0 Å². The number of benzene rings is 2. The van der Waals surface area contributed by atoms with Crippen LogP contribution in [0.1, 0.15) is 35.4 Å². The van der Waals surface area contributed by atoms with E-state index in [2.05, 4.69) is 31.2 Å². The molecule has 0 N–H and O–H groups in total. The van der Waals surface area contributed by atoms with E-state index in [-0.39, 0.29) is 5.91 Å². The fraction of sp³-hybridized carbons (Fsp3) is 0.292. The highest BCUT2D eigenvalue weighted by molar-refractivity contribution is 5.95. The summed E-state index contributed by atoms with van der Waals surface area (Å²) in [5, 5.41) is 5.78. The zero-order valence-electron chi connectivity index (χ0n) is 16.9. The van der Waals surface area contributed by atoms with Crippen molar-refractivity contribution in [3.8, 4) is 0 Å². The molecule has 0 saturated carbocycles. The highest BCUT2D eigenvalue weighted by atomic mass is 16.2. The first-order chi connectivity index (χ1) is 14.1. The van der Waals surface area contributed by atoms with Crippen LogP contribution in [0.4, 0.5) is 5.69 Å². The van der Waals surface area contributed by atoms with Crippen LogP contribution < -0.4 is 4.90 Å². The van der Waals surface area contributed by atoms with E-state index in [1.54, 1.807) is 0 Å². The van der Waals surface area contributed by atoms with Gasteiger partial charge in [-0.2, -0.15) is 5.10 Å². The van der Waals surface area contributed by atoms with E-state index in [4.69, 9.17) is 10.1 Å². The Kier molecular flexibility index (Phi) is 4.31. The number of aromatic nitrogens is 3. The Morgan fingerprint density at radius 3 is 2.76 bits per heavy atom. The summed E-state index contributed by atoms with van der Waals surface area (Å²) < 4.78 is 1.92. The van der Waals surface area contributed by atoms with Crippen molar-refractivity contribution < 1.29 is 4.79 Å². The Hall–Kier alpha value is -3.21. The number of carbonyl (C=O) groups excluding carboxylic acids is 1. The van der Waals surface area contributed by atoms with Crippen LogP contribution in [0, 0.1) is 13.8 Å². The molecule has 0 fully saturated rings. The van der Waals surface area contributed by atoms with Crippen molar-refractivity contribution in [3.63, 3.8) is 0 Å². The number of para-hydroxylation sites is 1. The predicted octanol–water partition coefficient (Wildman–Crippen LogP) is 4.41. The Morgan fingerprint density at radius 2 is 1.86 bits per heavy atom. The van der Waals surface area contributed by atoms with Gasteiger partial charge in [0.2, 0.25) is 5.91 Å². The van der Waals surface area contributed by atoms with Crippen LogP contribution in [0.25, 0.3) is 16.6 Å². The number of carbonyl (C=O) groups is 1. The minimum atomic E-state index is 0.182. The van der Waals surface area contributed by atoms with Gasteiger partial charge in [0.15, 0.2) is 5.65 Å². The molecule has 5 rings (SSSR count). The number of rotatable bonds is 3. The Morgan fingerprint density at radius 1 is 1.07 bits per heavy atom. The maximum Gasteiger partial charge on any atom is 0.227 e. The lowest BCUT2D eigenvalue weighted by Gasteiger charge is -2.29. The second-order valence-electron chi connectivity index (χ2n) is 7.79. The largest absolute Gasteiger partial charge is 0.312 e. The minimum absolute atomic E-state index is 0.182. The Labute approximate surface area is 170 Å². The van der Waals surface area contributed by atoms with Gasteiger partial charge < -0.3 is 4.90 Å². The molecule has 5 heteroatoms. The van der Waals surface area contributed by atoms with Crippen LogP contribution >= 0.6 is 0 Å². The van der Waals surface area contributed by atoms with Gasteiger partial charge in [0.1, 0.15) is 0 Å². The van der Waals surface area contributed by atoms with Crippen molar-refractivity contribution in [2.24, 2.45) is 0 Å². The summed E-state index contributed by atoms with van der Waals surface area (Å²) in [6, 6.07) is 16.3. The maximum atomic E-state index is 13.0. The Balaban J connectivity index is 1.44. The second kappa shape index (κ2) is 6.99. The highest BCUT2D eigenvalue weighted by Crippen LogP contribution is 2.28. The zero-order valence-corrected chi connectivity index (χ0v) is 16.9. The van der Waals surface area contributed by atoms with Crippen molar-refractivity contribution >= 4 is 28.1 Å². The summed E-state index contributed by atoms with van der Waals surface area (Å²) in [5.41, 5.74) is 7.33. The van der Waals surface area contributed by atoms with Gasteiger partial charge in [0.25, 0.3) is 0 Å². The van der Waals surface area contributed by atoms with Crippen molar-refractivity contribution in [2.45, 2.75) is 39.5 Å². The van der Waals surface area contributed by atoms with Gasteiger partial charge >= 0.3 is 0 Å². The van der Waals surface area contributed by atoms with Crippen molar-refractivity contribution in [3.05, 3.63) is 71.0 Å². The number of amides is 1. The van der Waals surface area contributed by atoms with Crippen LogP contribution in [-0.2, 0) is 17.6 Å². The molecule has 0 atom stereocenters. The fourth-order valence-electron chi connectivity index (χ4n) is 4.50. The molecule has 3 heterocycles. The lowest BCUT2D eigenvalue weighted by Crippen LogP contribution is -2.35. The smallest absolute Gasteiger partial charge is 0.227 e. The maximum absolute atomic E-state index is 13.0. The molecule has 2 aromatic carbocycles. The van der Waals surface area contributed by atoms with E-state index in [0.29, 0.717) is 12.8 Å². The minimum Gasteiger partial charge on any atom is -0.312 e. The quantitative estimate of drug-likeness (QED) is 0.526. The van der Waals surface area contributed by atoms with E-state index in [1.807, 2.05) is 40.6 Å². The lowest BCUT2D eigenvalue weighted by molar-refractivity contribution is -0.118. The molecule has 1 aliphatic heterocycles. The molecule has 0 radical (unpaired) electrons. The second-order valence-corrected chi connectivity index (χ2v) is 7.79. The van der Waals surface area contributed by atoms with Gasteiger partial charge in [0.05, 0.1) is 5.52 Å². The van der Waals surface area contributed by atoms with E-state index < -0.39 is 0 Å². The van der Waals surface area contributed by atoms with Crippen LogP contribution in [0.3, 0.4) is 0 Å². The zero-order chi connectivity index (χ0) is 20.0. The van der Waals surface area contributed by atoms with Crippen molar-refractivity contribution in [1.82, 2.24) is 14.6 Å². The first-order valence-electron chi connectivity index (χ1n) is 10.3. The molecule has 5 nitrogen and oxygen atoms in total. The average molecular weight is 384 g/mol. The molecule has 0 bridgehead atoms. The van der Waals surface area contributed by atoms with E-state index >= 15 is 0 Å². The van der Waals surface area contributed by atoms with Gasteiger partial charge in [-0.1, -0.05) is 30.3 Å². The third-order valence-electron chi connectivity index (χ3n) is 6.02. The molecule has 146 valence electrons. The summed E-state index contributed by atoms with van der Waals surface area (Å²) in [7, 11) is 0. The molecular formula is C24H24N4O. The van der Waals surface area contributed by atoms with Crippen LogP contribution in [0.5, 0.6) is 0 Å². The molecule has 2 aromatic heterocycles. The first-order valence-corrected chi connectivity index (χ1v) is 10.3. The SMILES string of the molecule is Cc1nc2c3ccccc3nn2c(C)c1CCC(=O)N1CCCc2ccccc21. The fourth-order valence-corrected chi connectivity index (χ4v) is 4.50. The number of anilines is 1.